The zero-order chi connectivity index (χ0) is 14.5. The Morgan fingerprint density at radius 1 is 1.32 bits per heavy atom. The highest BCUT2D eigenvalue weighted by Gasteiger charge is 2.33. The van der Waals surface area contributed by atoms with Crippen LogP contribution in [0.3, 0.4) is 0 Å². The van der Waals surface area contributed by atoms with E-state index >= 15 is 0 Å². The molecule has 1 amide bonds. The maximum atomic E-state index is 12.7. The molecule has 1 aromatic carbocycles. The third-order valence-corrected chi connectivity index (χ3v) is 3.29. The topological polar surface area (TPSA) is 29.1 Å². The molecule has 0 unspecified atom stereocenters. The average molecular weight is 338 g/mol. The fraction of sp³-hybridized carbons (Fsp3) is 0.462. The number of carbonyl (C=O) groups is 1. The SMILES string of the molecule is CCCCCNC(=O)c1ccc(Br)c(C(F)(F)F)c1. The van der Waals surface area contributed by atoms with Gasteiger partial charge in [0.25, 0.3) is 5.91 Å². The highest BCUT2D eigenvalue weighted by molar-refractivity contribution is 9.10. The standard InChI is InChI=1S/C13H15BrF3NO/c1-2-3-4-7-18-12(19)9-5-6-11(14)10(8-9)13(15,16)17/h5-6,8H,2-4,7H2,1H3,(H,18,19). The van der Waals surface area contributed by atoms with Gasteiger partial charge < -0.3 is 5.32 Å². The number of amides is 1. The zero-order valence-electron chi connectivity index (χ0n) is 10.5. The summed E-state index contributed by atoms with van der Waals surface area (Å²) in [5.74, 6) is -0.478. The number of hydrogen-bond acceptors (Lipinski definition) is 1. The molecule has 0 atom stereocenters. The molecule has 1 N–H and O–H groups in total. The fourth-order valence-corrected chi connectivity index (χ4v) is 2.03. The van der Waals surface area contributed by atoms with E-state index in [1.54, 1.807) is 0 Å². The number of benzene rings is 1. The maximum Gasteiger partial charge on any atom is 0.417 e. The van der Waals surface area contributed by atoms with Crippen molar-refractivity contribution < 1.29 is 18.0 Å². The first-order chi connectivity index (χ1) is 8.86. The third kappa shape index (κ3) is 4.86. The van der Waals surface area contributed by atoms with Crippen molar-refractivity contribution in [2.75, 3.05) is 6.54 Å². The highest BCUT2D eigenvalue weighted by Crippen LogP contribution is 2.35. The predicted molar refractivity (Wildman–Crippen MR) is 71.0 cm³/mol. The molecule has 0 saturated carbocycles. The Balaban J connectivity index is 2.76. The van der Waals surface area contributed by atoms with Gasteiger partial charge in [0.1, 0.15) is 0 Å². The van der Waals surface area contributed by atoms with Gasteiger partial charge in [-0.2, -0.15) is 13.2 Å². The van der Waals surface area contributed by atoms with Crippen LogP contribution in [0.1, 0.15) is 42.1 Å². The Hall–Kier alpha value is -1.04. The molecule has 106 valence electrons. The van der Waals surface area contributed by atoms with E-state index in [1.807, 2.05) is 6.92 Å². The van der Waals surface area contributed by atoms with Crippen molar-refractivity contribution in [2.45, 2.75) is 32.4 Å². The van der Waals surface area contributed by atoms with Crippen molar-refractivity contribution in [3.8, 4) is 0 Å². The molecule has 2 nitrogen and oxygen atoms in total. The predicted octanol–water partition coefficient (Wildman–Crippen LogP) is 4.39. The van der Waals surface area contributed by atoms with E-state index in [1.165, 1.54) is 12.1 Å². The van der Waals surface area contributed by atoms with E-state index in [9.17, 15) is 18.0 Å². The van der Waals surface area contributed by atoms with Crippen molar-refractivity contribution in [3.63, 3.8) is 0 Å². The summed E-state index contributed by atoms with van der Waals surface area (Å²) >= 11 is 2.84. The van der Waals surface area contributed by atoms with Crippen molar-refractivity contribution in [2.24, 2.45) is 0 Å². The lowest BCUT2D eigenvalue weighted by Gasteiger charge is -2.11. The van der Waals surface area contributed by atoms with Crippen LogP contribution in [0.4, 0.5) is 13.2 Å². The number of hydrogen-bond donors (Lipinski definition) is 1. The van der Waals surface area contributed by atoms with Gasteiger partial charge in [0.2, 0.25) is 0 Å². The van der Waals surface area contributed by atoms with Gasteiger partial charge in [0.05, 0.1) is 5.56 Å². The minimum absolute atomic E-state index is 0.0204. The molecular formula is C13H15BrF3NO. The first-order valence-corrected chi connectivity index (χ1v) is 6.80. The average Bonchev–Trinajstić information content (AvgIpc) is 2.33. The minimum Gasteiger partial charge on any atom is -0.352 e. The number of nitrogens with one attached hydrogen (secondary N) is 1. The highest BCUT2D eigenvalue weighted by atomic mass is 79.9. The summed E-state index contributed by atoms with van der Waals surface area (Å²) < 4.78 is 38.0. The molecule has 0 aromatic heterocycles. The van der Waals surface area contributed by atoms with Gasteiger partial charge in [0, 0.05) is 16.6 Å². The van der Waals surface area contributed by atoms with Gasteiger partial charge in [-0.05, 0) is 24.6 Å². The molecule has 0 aliphatic heterocycles. The summed E-state index contributed by atoms with van der Waals surface area (Å²) in [6.45, 7) is 2.51. The van der Waals surface area contributed by atoms with E-state index in [0.717, 1.165) is 25.3 Å². The fourth-order valence-electron chi connectivity index (χ4n) is 1.56. The quantitative estimate of drug-likeness (QED) is 0.793. The molecule has 0 radical (unpaired) electrons. The Morgan fingerprint density at radius 2 is 2.00 bits per heavy atom. The molecule has 6 heteroatoms. The Labute approximate surface area is 118 Å². The lowest BCUT2D eigenvalue weighted by Crippen LogP contribution is -2.24. The molecule has 19 heavy (non-hydrogen) atoms. The van der Waals surface area contributed by atoms with Gasteiger partial charge in [-0.25, -0.2) is 0 Å². The molecule has 1 rings (SSSR count). The van der Waals surface area contributed by atoms with Crippen LogP contribution in [0.15, 0.2) is 22.7 Å². The monoisotopic (exact) mass is 337 g/mol. The lowest BCUT2D eigenvalue weighted by molar-refractivity contribution is -0.138. The van der Waals surface area contributed by atoms with Crippen LogP contribution < -0.4 is 5.32 Å². The molecule has 0 aliphatic carbocycles. The second-order valence-electron chi connectivity index (χ2n) is 4.16. The third-order valence-electron chi connectivity index (χ3n) is 2.60. The summed E-state index contributed by atoms with van der Waals surface area (Å²) in [4.78, 5) is 11.7. The largest absolute Gasteiger partial charge is 0.417 e. The van der Waals surface area contributed by atoms with Gasteiger partial charge in [-0.1, -0.05) is 35.7 Å². The van der Waals surface area contributed by atoms with E-state index in [-0.39, 0.29) is 10.0 Å². The first-order valence-electron chi connectivity index (χ1n) is 6.01. The summed E-state index contributed by atoms with van der Waals surface area (Å²) in [5, 5.41) is 2.61. The van der Waals surface area contributed by atoms with Crippen LogP contribution in [0.2, 0.25) is 0 Å². The van der Waals surface area contributed by atoms with E-state index in [0.29, 0.717) is 6.54 Å². The number of alkyl halides is 3. The molecule has 0 heterocycles. The normalized spacial score (nSPS) is 11.4. The van der Waals surface area contributed by atoms with Crippen LogP contribution in [0.25, 0.3) is 0 Å². The van der Waals surface area contributed by atoms with E-state index in [4.69, 9.17) is 0 Å². The number of carbonyl (C=O) groups excluding carboxylic acids is 1. The van der Waals surface area contributed by atoms with Crippen molar-refractivity contribution in [1.82, 2.24) is 5.32 Å². The summed E-state index contributed by atoms with van der Waals surface area (Å²) in [6, 6.07) is 3.47. The molecule has 0 fully saturated rings. The van der Waals surface area contributed by atoms with Gasteiger partial charge >= 0.3 is 6.18 Å². The van der Waals surface area contributed by atoms with Crippen LogP contribution in [0.5, 0.6) is 0 Å². The number of rotatable bonds is 5. The minimum atomic E-state index is -4.47. The molecule has 0 aliphatic rings. The van der Waals surface area contributed by atoms with Crippen LogP contribution in [-0.2, 0) is 6.18 Å². The van der Waals surface area contributed by atoms with Crippen molar-refractivity contribution in [3.05, 3.63) is 33.8 Å². The van der Waals surface area contributed by atoms with Crippen molar-refractivity contribution in [1.29, 1.82) is 0 Å². The van der Waals surface area contributed by atoms with Crippen LogP contribution >= 0.6 is 15.9 Å². The Kier molecular flexibility index (Phi) is 5.85. The number of halogens is 4. The Morgan fingerprint density at radius 3 is 2.58 bits per heavy atom. The van der Waals surface area contributed by atoms with Gasteiger partial charge in [-0.15, -0.1) is 0 Å². The molecule has 0 spiro atoms. The molecule has 0 bridgehead atoms. The second-order valence-corrected chi connectivity index (χ2v) is 5.01. The molecule has 0 saturated heterocycles. The van der Waals surface area contributed by atoms with Crippen LogP contribution in [0, 0.1) is 0 Å². The van der Waals surface area contributed by atoms with Crippen LogP contribution in [-0.4, -0.2) is 12.5 Å². The summed E-state index contributed by atoms with van der Waals surface area (Å²) in [5.41, 5.74) is -0.819. The summed E-state index contributed by atoms with van der Waals surface area (Å²) in [7, 11) is 0. The number of unbranched alkanes of at least 4 members (excludes halogenated alkanes) is 2. The summed E-state index contributed by atoms with van der Waals surface area (Å²) in [6.07, 6.45) is -1.65. The molecular weight excluding hydrogens is 323 g/mol. The first kappa shape index (κ1) is 16.0. The van der Waals surface area contributed by atoms with Gasteiger partial charge in [0.15, 0.2) is 0 Å². The van der Waals surface area contributed by atoms with Crippen molar-refractivity contribution >= 4 is 21.8 Å². The van der Waals surface area contributed by atoms with Gasteiger partial charge in [-0.3, -0.25) is 4.79 Å². The second kappa shape index (κ2) is 6.93. The molecule has 1 aromatic rings. The maximum absolute atomic E-state index is 12.7. The Bertz CT molecular complexity index is 446. The van der Waals surface area contributed by atoms with E-state index < -0.39 is 17.6 Å². The zero-order valence-corrected chi connectivity index (χ0v) is 12.1. The lowest BCUT2D eigenvalue weighted by atomic mass is 10.1. The smallest absolute Gasteiger partial charge is 0.352 e. The van der Waals surface area contributed by atoms with E-state index in [2.05, 4.69) is 21.2 Å².